The molecule has 1 fully saturated rings. The van der Waals surface area contributed by atoms with E-state index in [0.29, 0.717) is 73.3 Å². The number of fused-ring (bicyclic) bond motifs is 1. The molecule has 1 saturated heterocycles. The monoisotopic (exact) mass is 490 g/mol. The lowest BCUT2D eigenvalue weighted by Gasteiger charge is -2.31. The molecule has 8 nitrogen and oxygen atoms in total. The summed E-state index contributed by atoms with van der Waals surface area (Å²) in [6.45, 7) is 8.78. The van der Waals surface area contributed by atoms with Crippen molar-refractivity contribution in [1.82, 2.24) is 0 Å². The first-order valence-corrected chi connectivity index (χ1v) is 12.1. The molecule has 0 radical (unpaired) electrons. The standard InChI is InChI=1S/C25H31ClN2O6/c1-3-31-21-16-20(28-6-10-30-11-7-28)22(32-4-2)15-19(21)27-24(29)14-17-12-18(26)25-23(13-17)33-8-5-9-34-25/h12-13,15-16H,3-11,14H2,1-2H3,(H,27,29). The molecule has 2 heterocycles. The van der Waals surface area contributed by atoms with Crippen LogP contribution in [0, 0.1) is 0 Å². The number of nitrogens with zero attached hydrogens (tertiary/aromatic N) is 1. The van der Waals surface area contributed by atoms with Gasteiger partial charge < -0.3 is 33.9 Å². The zero-order chi connectivity index (χ0) is 23.9. The molecule has 2 aromatic rings. The minimum atomic E-state index is -0.201. The molecule has 0 atom stereocenters. The highest BCUT2D eigenvalue weighted by atomic mass is 35.5. The number of carbonyl (C=O) groups excluding carboxylic acids is 1. The zero-order valence-corrected chi connectivity index (χ0v) is 20.4. The maximum absolute atomic E-state index is 13.0. The van der Waals surface area contributed by atoms with Crippen LogP contribution in [0.15, 0.2) is 24.3 Å². The van der Waals surface area contributed by atoms with Gasteiger partial charge in [0.1, 0.15) is 11.5 Å². The molecular formula is C25H31ClN2O6. The third kappa shape index (κ3) is 5.80. The van der Waals surface area contributed by atoms with Crippen LogP contribution in [0.5, 0.6) is 23.0 Å². The van der Waals surface area contributed by atoms with Gasteiger partial charge in [-0.25, -0.2) is 0 Å². The molecule has 0 saturated carbocycles. The third-order valence-corrected chi connectivity index (χ3v) is 5.79. The van der Waals surface area contributed by atoms with E-state index in [1.165, 1.54) is 0 Å². The van der Waals surface area contributed by atoms with Crippen molar-refractivity contribution in [1.29, 1.82) is 0 Å². The Morgan fingerprint density at radius 1 is 1.00 bits per heavy atom. The van der Waals surface area contributed by atoms with Crippen molar-refractivity contribution in [2.75, 3.05) is 62.9 Å². The van der Waals surface area contributed by atoms with Crippen molar-refractivity contribution in [3.63, 3.8) is 0 Å². The number of anilines is 2. The summed E-state index contributed by atoms with van der Waals surface area (Å²) in [5.41, 5.74) is 2.23. The first kappa shape index (κ1) is 24.3. The van der Waals surface area contributed by atoms with Gasteiger partial charge in [0.2, 0.25) is 5.91 Å². The van der Waals surface area contributed by atoms with Crippen LogP contribution in [0.1, 0.15) is 25.8 Å². The maximum Gasteiger partial charge on any atom is 0.228 e. The Morgan fingerprint density at radius 3 is 2.50 bits per heavy atom. The van der Waals surface area contributed by atoms with Crippen molar-refractivity contribution in [3.8, 4) is 23.0 Å². The SMILES string of the molecule is CCOc1cc(N2CCOCC2)c(OCC)cc1NC(=O)Cc1cc(Cl)c2c(c1)OCCCO2. The minimum absolute atomic E-state index is 0.122. The molecule has 4 rings (SSSR count). The van der Waals surface area contributed by atoms with Gasteiger partial charge in [0.05, 0.1) is 62.5 Å². The van der Waals surface area contributed by atoms with Gasteiger partial charge in [0, 0.05) is 31.6 Å². The van der Waals surface area contributed by atoms with E-state index in [-0.39, 0.29) is 12.3 Å². The van der Waals surface area contributed by atoms with Crippen molar-refractivity contribution in [2.24, 2.45) is 0 Å². The molecule has 0 unspecified atom stereocenters. The molecule has 2 aliphatic rings. The van der Waals surface area contributed by atoms with Crippen LogP contribution < -0.4 is 29.2 Å². The van der Waals surface area contributed by atoms with E-state index in [1.54, 1.807) is 6.07 Å². The van der Waals surface area contributed by atoms with E-state index in [0.717, 1.165) is 30.8 Å². The second-order valence-corrected chi connectivity index (χ2v) is 8.37. The summed E-state index contributed by atoms with van der Waals surface area (Å²) in [5.74, 6) is 2.19. The summed E-state index contributed by atoms with van der Waals surface area (Å²) in [4.78, 5) is 15.2. The van der Waals surface area contributed by atoms with E-state index < -0.39 is 0 Å². The highest BCUT2D eigenvalue weighted by molar-refractivity contribution is 6.32. The Kier molecular flexibility index (Phi) is 8.24. The second-order valence-electron chi connectivity index (χ2n) is 7.96. The predicted octanol–water partition coefficient (Wildman–Crippen LogP) is 4.32. The van der Waals surface area contributed by atoms with E-state index in [9.17, 15) is 4.79 Å². The molecule has 9 heteroatoms. The number of amides is 1. The number of rotatable bonds is 8. The predicted molar refractivity (Wildman–Crippen MR) is 131 cm³/mol. The van der Waals surface area contributed by atoms with Gasteiger partial charge >= 0.3 is 0 Å². The highest BCUT2D eigenvalue weighted by Crippen LogP contribution is 2.40. The van der Waals surface area contributed by atoms with Gasteiger partial charge in [-0.3, -0.25) is 4.79 Å². The average molecular weight is 491 g/mol. The summed E-state index contributed by atoms with van der Waals surface area (Å²) in [5, 5.41) is 3.42. The summed E-state index contributed by atoms with van der Waals surface area (Å²) in [6, 6.07) is 7.31. The van der Waals surface area contributed by atoms with Gasteiger partial charge in [-0.05, 0) is 31.5 Å². The summed E-state index contributed by atoms with van der Waals surface area (Å²) in [7, 11) is 0. The van der Waals surface area contributed by atoms with Gasteiger partial charge in [0.15, 0.2) is 11.5 Å². The fourth-order valence-electron chi connectivity index (χ4n) is 4.01. The Hall–Kier alpha value is -2.84. The Bertz CT molecular complexity index is 1010. The van der Waals surface area contributed by atoms with Crippen molar-refractivity contribution < 1.29 is 28.5 Å². The number of carbonyl (C=O) groups is 1. The molecule has 1 N–H and O–H groups in total. The van der Waals surface area contributed by atoms with Crippen LogP contribution in [0.2, 0.25) is 5.02 Å². The summed E-state index contributed by atoms with van der Waals surface area (Å²) in [6.07, 6.45) is 0.904. The topological polar surface area (TPSA) is 78.5 Å². The lowest BCUT2D eigenvalue weighted by molar-refractivity contribution is -0.115. The first-order valence-electron chi connectivity index (χ1n) is 11.7. The fourth-order valence-corrected chi connectivity index (χ4v) is 4.30. The Balaban J connectivity index is 1.56. The second kappa shape index (κ2) is 11.5. The Labute approximate surface area is 205 Å². The smallest absolute Gasteiger partial charge is 0.228 e. The number of ether oxygens (including phenoxy) is 5. The number of morpholine rings is 1. The number of benzene rings is 2. The number of nitrogens with one attached hydrogen (secondary N) is 1. The Morgan fingerprint density at radius 2 is 1.74 bits per heavy atom. The largest absolute Gasteiger partial charge is 0.492 e. The maximum atomic E-state index is 13.0. The molecule has 184 valence electrons. The fraction of sp³-hybridized carbons (Fsp3) is 0.480. The molecule has 1 amide bonds. The van der Waals surface area contributed by atoms with Gasteiger partial charge in [-0.15, -0.1) is 0 Å². The van der Waals surface area contributed by atoms with Crippen LogP contribution in [-0.4, -0.2) is 58.6 Å². The van der Waals surface area contributed by atoms with Crippen LogP contribution >= 0.6 is 11.6 Å². The molecule has 2 aliphatic heterocycles. The van der Waals surface area contributed by atoms with Gasteiger partial charge in [-0.1, -0.05) is 11.6 Å². The number of hydrogen-bond donors (Lipinski definition) is 1. The molecule has 0 bridgehead atoms. The van der Waals surface area contributed by atoms with E-state index in [4.69, 9.17) is 35.3 Å². The highest BCUT2D eigenvalue weighted by Gasteiger charge is 2.21. The van der Waals surface area contributed by atoms with Crippen molar-refractivity contribution in [3.05, 3.63) is 34.9 Å². The number of hydrogen-bond acceptors (Lipinski definition) is 7. The minimum Gasteiger partial charge on any atom is -0.492 e. The van der Waals surface area contributed by atoms with E-state index in [2.05, 4.69) is 10.2 Å². The third-order valence-electron chi connectivity index (χ3n) is 5.51. The van der Waals surface area contributed by atoms with Gasteiger partial charge in [0.25, 0.3) is 0 Å². The molecular weight excluding hydrogens is 460 g/mol. The van der Waals surface area contributed by atoms with Crippen LogP contribution in [0.25, 0.3) is 0 Å². The van der Waals surface area contributed by atoms with Crippen LogP contribution in [0.4, 0.5) is 11.4 Å². The quantitative estimate of drug-likeness (QED) is 0.590. The normalized spacial score (nSPS) is 15.4. The molecule has 2 aromatic carbocycles. The summed E-state index contributed by atoms with van der Waals surface area (Å²) >= 11 is 6.39. The number of halogens is 1. The lowest BCUT2D eigenvalue weighted by atomic mass is 10.1. The summed E-state index contributed by atoms with van der Waals surface area (Å²) < 4.78 is 28.7. The van der Waals surface area contributed by atoms with Crippen molar-refractivity contribution in [2.45, 2.75) is 26.7 Å². The van der Waals surface area contributed by atoms with Crippen LogP contribution in [-0.2, 0) is 16.0 Å². The zero-order valence-electron chi connectivity index (χ0n) is 19.7. The van der Waals surface area contributed by atoms with Crippen LogP contribution in [0.3, 0.4) is 0 Å². The molecule has 0 aromatic heterocycles. The van der Waals surface area contributed by atoms with Crippen molar-refractivity contribution >= 4 is 28.9 Å². The molecule has 34 heavy (non-hydrogen) atoms. The molecule has 0 aliphatic carbocycles. The molecule has 0 spiro atoms. The first-order chi connectivity index (χ1) is 16.6. The van der Waals surface area contributed by atoms with Gasteiger partial charge in [-0.2, -0.15) is 0 Å². The average Bonchev–Trinajstić information content (AvgIpc) is 3.07. The van der Waals surface area contributed by atoms with E-state index >= 15 is 0 Å². The lowest BCUT2D eigenvalue weighted by Crippen LogP contribution is -2.36. The van der Waals surface area contributed by atoms with E-state index in [1.807, 2.05) is 32.0 Å².